The molecule has 2 atom stereocenters. The topological polar surface area (TPSA) is 17.1 Å². The Kier molecular flexibility index (Phi) is 2.12. The molecule has 68 valence electrons. The highest BCUT2D eigenvalue weighted by atomic mass is 35.5. The Morgan fingerprint density at radius 1 is 1.54 bits per heavy atom. The van der Waals surface area contributed by atoms with Gasteiger partial charge in [0.05, 0.1) is 0 Å². The van der Waals surface area contributed by atoms with E-state index in [2.05, 4.69) is 0 Å². The predicted molar refractivity (Wildman–Crippen MR) is 53.0 cm³/mol. The molecule has 1 fully saturated rings. The standard InChI is InChI=1S/C11H11ClO/c1-7(13)10-6-11(10)8-3-2-4-9(12)5-8/h2-5,10-11H,6H2,1H3/t10-,11+/m0/s1. The summed E-state index contributed by atoms with van der Waals surface area (Å²) < 4.78 is 0. The van der Waals surface area contributed by atoms with Crippen LogP contribution < -0.4 is 0 Å². The first-order chi connectivity index (χ1) is 6.18. The molecule has 0 saturated heterocycles. The van der Waals surface area contributed by atoms with Gasteiger partial charge in [-0.3, -0.25) is 4.79 Å². The zero-order valence-electron chi connectivity index (χ0n) is 7.46. The molecule has 2 rings (SSSR count). The molecule has 2 heteroatoms. The second kappa shape index (κ2) is 3.15. The van der Waals surface area contributed by atoms with Crippen molar-refractivity contribution in [1.29, 1.82) is 0 Å². The lowest BCUT2D eigenvalue weighted by Crippen LogP contribution is -1.94. The lowest BCUT2D eigenvalue weighted by molar-refractivity contribution is -0.118. The van der Waals surface area contributed by atoms with Crippen molar-refractivity contribution < 1.29 is 4.79 Å². The molecule has 0 aromatic heterocycles. The Morgan fingerprint density at radius 2 is 2.31 bits per heavy atom. The molecule has 1 aromatic rings. The highest BCUT2D eigenvalue weighted by molar-refractivity contribution is 6.30. The molecule has 1 aliphatic rings. The second-order valence-corrected chi connectivity index (χ2v) is 4.05. The summed E-state index contributed by atoms with van der Waals surface area (Å²) in [5.41, 5.74) is 1.20. The van der Waals surface area contributed by atoms with Crippen molar-refractivity contribution >= 4 is 17.4 Å². The molecule has 1 aromatic carbocycles. The summed E-state index contributed by atoms with van der Waals surface area (Å²) >= 11 is 5.86. The number of benzene rings is 1. The van der Waals surface area contributed by atoms with Crippen LogP contribution in [-0.4, -0.2) is 5.78 Å². The lowest BCUT2D eigenvalue weighted by Gasteiger charge is -1.98. The first-order valence-corrected chi connectivity index (χ1v) is 4.82. The summed E-state index contributed by atoms with van der Waals surface area (Å²) in [5.74, 6) is 0.972. The van der Waals surface area contributed by atoms with E-state index in [1.54, 1.807) is 6.92 Å². The van der Waals surface area contributed by atoms with Gasteiger partial charge in [-0.05, 0) is 37.0 Å². The minimum Gasteiger partial charge on any atom is -0.300 e. The second-order valence-electron chi connectivity index (χ2n) is 3.61. The number of carbonyl (C=O) groups is 1. The summed E-state index contributed by atoms with van der Waals surface area (Å²) in [5, 5.41) is 0.756. The van der Waals surface area contributed by atoms with Gasteiger partial charge in [0, 0.05) is 10.9 Å². The fraction of sp³-hybridized carbons (Fsp3) is 0.364. The molecule has 1 aliphatic carbocycles. The summed E-state index contributed by atoms with van der Waals surface area (Å²) in [4.78, 5) is 11.0. The zero-order valence-corrected chi connectivity index (χ0v) is 8.21. The van der Waals surface area contributed by atoms with Crippen LogP contribution in [0, 0.1) is 5.92 Å². The molecule has 1 saturated carbocycles. The van der Waals surface area contributed by atoms with E-state index < -0.39 is 0 Å². The van der Waals surface area contributed by atoms with Crippen LogP contribution >= 0.6 is 11.6 Å². The van der Waals surface area contributed by atoms with Gasteiger partial charge >= 0.3 is 0 Å². The van der Waals surface area contributed by atoms with Crippen LogP contribution in [0.5, 0.6) is 0 Å². The van der Waals surface area contributed by atoms with Crippen molar-refractivity contribution in [3.63, 3.8) is 0 Å². The number of carbonyl (C=O) groups excluding carboxylic acids is 1. The van der Waals surface area contributed by atoms with Gasteiger partial charge in [0.2, 0.25) is 0 Å². The first-order valence-electron chi connectivity index (χ1n) is 4.44. The molecule has 0 spiro atoms. The third-order valence-electron chi connectivity index (χ3n) is 2.59. The minimum absolute atomic E-state index is 0.249. The van der Waals surface area contributed by atoms with Gasteiger partial charge in [-0.2, -0.15) is 0 Å². The molecule has 13 heavy (non-hydrogen) atoms. The van der Waals surface area contributed by atoms with Crippen molar-refractivity contribution in [2.75, 3.05) is 0 Å². The fourth-order valence-corrected chi connectivity index (χ4v) is 1.95. The van der Waals surface area contributed by atoms with E-state index in [9.17, 15) is 4.79 Å². The molecule has 0 heterocycles. The van der Waals surface area contributed by atoms with Gasteiger partial charge in [-0.25, -0.2) is 0 Å². The van der Waals surface area contributed by atoms with Crippen LogP contribution in [0.15, 0.2) is 24.3 Å². The van der Waals surface area contributed by atoms with Crippen LogP contribution in [0.25, 0.3) is 0 Å². The van der Waals surface area contributed by atoms with Gasteiger partial charge in [0.25, 0.3) is 0 Å². The SMILES string of the molecule is CC(=O)[C@@H]1C[C@@H]1c1cccc(Cl)c1. The quantitative estimate of drug-likeness (QED) is 0.708. The molecule has 0 amide bonds. The Labute approximate surface area is 82.7 Å². The summed E-state index contributed by atoms with van der Waals surface area (Å²) in [6.45, 7) is 1.66. The number of hydrogen-bond donors (Lipinski definition) is 0. The Balaban J connectivity index is 2.16. The van der Waals surface area contributed by atoms with Crippen LogP contribution in [0.2, 0.25) is 5.02 Å². The van der Waals surface area contributed by atoms with Gasteiger partial charge in [-0.1, -0.05) is 23.7 Å². The number of Topliss-reactive ketones (excluding diaryl/α,β-unsaturated/α-hetero) is 1. The van der Waals surface area contributed by atoms with E-state index in [0.717, 1.165) is 11.4 Å². The van der Waals surface area contributed by atoms with E-state index in [1.165, 1.54) is 5.56 Å². The van der Waals surface area contributed by atoms with Crippen molar-refractivity contribution in [1.82, 2.24) is 0 Å². The fourth-order valence-electron chi connectivity index (χ4n) is 1.75. The molecule has 0 radical (unpaired) electrons. The monoisotopic (exact) mass is 194 g/mol. The van der Waals surface area contributed by atoms with E-state index in [4.69, 9.17) is 11.6 Å². The number of rotatable bonds is 2. The Bertz CT molecular complexity index is 346. The van der Waals surface area contributed by atoms with Crippen LogP contribution in [0.1, 0.15) is 24.8 Å². The van der Waals surface area contributed by atoms with E-state index in [1.807, 2.05) is 24.3 Å². The van der Waals surface area contributed by atoms with Crippen LogP contribution in [-0.2, 0) is 4.79 Å². The lowest BCUT2D eigenvalue weighted by atomic mass is 10.1. The van der Waals surface area contributed by atoms with Gasteiger partial charge < -0.3 is 0 Å². The summed E-state index contributed by atoms with van der Waals surface area (Å²) in [7, 11) is 0. The first kappa shape index (κ1) is 8.76. The van der Waals surface area contributed by atoms with Crippen molar-refractivity contribution in [3.05, 3.63) is 34.9 Å². The highest BCUT2D eigenvalue weighted by Gasteiger charge is 2.41. The smallest absolute Gasteiger partial charge is 0.133 e. The molecule has 0 bridgehead atoms. The molecule has 1 nitrogen and oxygen atoms in total. The molecule has 0 aliphatic heterocycles. The third kappa shape index (κ3) is 1.75. The molecule has 0 unspecified atom stereocenters. The zero-order chi connectivity index (χ0) is 9.42. The minimum atomic E-state index is 0.249. The maximum atomic E-state index is 11.0. The van der Waals surface area contributed by atoms with Gasteiger partial charge in [0.1, 0.15) is 5.78 Å². The van der Waals surface area contributed by atoms with Crippen LogP contribution in [0.3, 0.4) is 0 Å². The number of hydrogen-bond acceptors (Lipinski definition) is 1. The van der Waals surface area contributed by atoms with E-state index >= 15 is 0 Å². The number of ketones is 1. The normalized spacial score (nSPS) is 25.7. The molecule has 0 N–H and O–H groups in total. The Morgan fingerprint density at radius 3 is 2.85 bits per heavy atom. The number of halogens is 1. The van der Waals surface area contributed by atoms with E-state index in [0.29, 0.717) is 11.7 Å². The Hall–Kier alpha value is -0.820. The van der Waals surface area contributed by atoms with Gasteiger partial charge in [-0.15, -0.1) is 0 Å². The van der Waals surface area contributed by atoms with Gasteiger partial charge in [0.15, 0.2) is 0 Å². The average Bonchev–Trinajstić information content (AvgIpc) is 2.82. The largest absolute Gasteiger partial charge is 0.300 e. The third-order valence-corrected chi connectivity index (χ3v) is 2.82. The summed E-state index contributed by atoms with van der Waals surface area (Å²) in [6, 6.07) is 7.79. The maximum Gasteiger partial charge on any atom is 0.133 e. The summed E-state index contributed by atoms with van der Waals surface area (Å²) in [6.07, 6.45) is 0.996. The van der Waals surface area contributed by atoms with Crippen molar-refractivity contribution in [2.45, 2.75) is 19.3 Å². The van der Waals surface area contributed by atoms with Crippen molar-refractivity contribution in [3.8, 4) is 0 Å². The average molecular weight is 195 g/mol. The van der Waals surface area contributed by atoms with Crippen LogP contribution in [0.4, 0.5) is 0 Å². The van der Waals surface area contributed by atoms with E-state index in [-0.39, 0.29) is 5.92 Å². The predicted octanol–water partition coefficient (Wildman–Crippen LogP) is 3.03. The van der Waals surface area contributed by atoms with Crippen molar-refractivity contribution in [2.24, 2.45) is 5.92 Å². The highest BCUT2D eigenvalue weighted by Crippen LogP contribution is 2.48. The molecular formula is C11H11ClO. The molecular weight excluding hydrogens is 184 g/mol. The maximum absolute atomic E-state index is 11.0.